The number of benzene rings is 12. The predicted molar refractivity (Wildman–Crippen MR) is 378 cm³/mol. The number of hydrogen-bond donors (Lipinski definition) is 0. The van der Waals surface area contributed by atoms with Crippen LogP contribution >= 0.6 is 0 Å². The normalized spacial score (nSPS) is 11.7. The monoisotopic (exact) mass is 1220 g/mol. The largest absolute Gasteiger partial charge is 0.418 e. The van der Waals surface area contributed by atoms with Crippen LogP contribution in [-0.4, -0.2) is 18.3 Å². The fraction of sp³-hybridized carbons (Fsp3) is 0.107. The van der Waals surface area contributed by atoms with Crippen molar-refractivity contribution in [3.05, 3.63) is 285 Å². The van der Waals surface area contributed by atoms with Gasteiger partial charge in [-0.2, -0.15) is 29.0 Å². The second-order valence-electron chi connectivity index (χ2n) is 25.3. The van der Waals surface area contributed by atoms with Gasteiger partial charge in [0.1, 0.15) is 6.07 Å². The van der Waals surface area contributed by atoms with Gasteiger partial charge in [-0.15, -0.1) is 0 Å². The van der Waals surface area contributed by atoms with E-state index in [1.54, 1.807) is 28.8 Å². The van der Waals surface area contributed by atoms with E-state index in [1.165, 1.54) is 6.07 Å². The maximum absolute atomic E-state index is 15.6. The molecule has 7 nitrogen and oxygen atoms in total. The van der Waals surface area contributed by atoms with Crippen LogP contribution in [0.5, 0.6) is 0 Å². The SMILES string of the molecule is Cc1ccc2c3ccc(C)cc3n(-c3cc(-c4cccc(C#N)c4)c(-n4c5cc(C)ccc5c5ccc(C)cc54)cc3C#N)c2c1.Cc1ccc2c3ccc(C)cc3n(-c3cc(C(F)(F)F)c(-n4c5cc(C)ccc5c5ccc(C)cc54)cc3-c3cccc(C#N)c3)c2c1. The summed E-state index contributed by atoms with van der Waals surface area (Å²) in [7, 11) is 0. The Hall–Kier alpha value is -11.9. The zero-order valence-electron chi connectivity index (χ0n) is 53.0. The molecule has 452 valence electrons. The highest BCUT2D eigenvalue weighted by Crippen LogP contribution is 2.47. The van der Waals surface area contributed by atoms with Gasteiger partial charge in [0.2, 0.25) is 0 Å². The van der Waals surface area contributed by atoms with Gasteiger partial charge in [0.15, 0.2) is 0 Å². The van der Waals surface area contributed by atoms with Gasteiger partial charge in [-0.3, -0.25) is 0 Å². The van der Waals surface area contributed by atoms with E-state index < -0.39 is 11.7 Å². The lowest BCUT2D eigenvalue weighted by Crippen LogP contribution is -2.13. The van der Waals surface area contributed by atoms with Gasteiger partial charge < -0.3 is 18.3 Å². The van der Waals surface area contributed by atoms with Crippen molar-refractivity contribution in [3.63, 3.8) is 0 Å². The molecular formula is C84H60F3N7. The quantitative estimate of drug-likeness (QED) is 0.166. The fourth-order valence-corrected chi connectivity index (χ4v) is 14.2. The minimum atomic E-state index is -4.68. The van der Waals surface area contributed by atoms with Gasteiger partial charge >= 0.3 is 6.18 Å². The first-order valence-electron chi connectivity index (χ1n) is 31.3. The Morgan fingerprint density at radius 3 is 0.819 bits per heavy atom. The summed E-state index contributed by atoms with van der Waals surface area (Å²) in [5.74, 6) is 0. The molecule has 94 heavy (non-hydrogen) atoms. The highest BCUT2D eigenvalue weighted by molar-refractivity contribution is 6.14. The molecular weight excluding hydrogens is 1160 g/mol. The van der Waals surface area contributed by atoms with Crippen LogP contribution in [0.2, 0.25) is 0 Å². The number of aryl methyl sites for hydroxylation is 8. The van der Waals surface area contributed by atoms with E-state index in [1.807, 2.05) is 135 Å². The smallest absolute Gasteiger partial charge is 0.309 e. The zero-order chi connectivity index (χ0) is 65.2. The van der Waals surface area contributed by atoms with Crippen molar-refractivity contribution in [2.75, 3.05) is 0 Å². The lowest BCUT2D eigenvalue weighted by molar-refractivity contribution is -0.137. The molecule has 10 heteroatoms. The summed E-state index contributed by atoms with van der Waals surface area (Å²) in [5, 5.41) is 38.9. The van der Waals surface area contributed by atoms with Crippen molar-refractivity contribution in [2.24, 2.45) is 0 Å². The molecule has 0 aliphatic carbocycles. The van der Waals surface area contributed by atoms with Crippen LogP contribution in [0.25, 0.3) is 132 Å². The fourth-order valence-electron chi connectivity index (χ4n) is 14.2. The summed E-state index contributed by atoms with van der Waals surface area (Å²) in [6.45, 7) is 16.3. The Morgan fingerprint density at radius 2 is 0.543 bits per heavy atom. The molecule has 4 aromatic heterocycles. The van der Waals surface area contributed by atoms with Crippen molar-refractivity contribution < 1.29 is 13.2 Å². The molecule has 12 aromatic carbocycles. The summed E-state index contributed by atoms with van der Waals surface area (Å²) < 4.78 is 54.9. The summed E-state index contributed by atoms with van der Waals surface area (Å²) in [6.07, 6.45) is -4.68. The van der Waals surface area contributed by atoms with Crippen LogP contribution in [0.4, 0.5) is 13.2 Å². The summed E-state index contributed by atoms with van der Waals surface area (Å²) in [4.78, 5) is 0. The van der Waals surface area contributed by atoms with Crippen molar-refractivity contribution in [2.45, 2.75) is 61.6 Å². The highest BCUT2D eigenvalue weighted by Gasteiger charge is 2.37. The number of nitrogens with zero attached hydrogens (tertiary/aromatic N) is 7. The molecule has 16 aromatic rings. The van der Waals surface area contributed by atoms with E-state index in [9.17, 15) is 15.8 Å². The third-order valence-electron chi connectivity index (χ3n) is 18.5. The van der Waals surface area contributed by atoms with Gasteiger partial charge in [-0.05, 0) is 208 Å². The molecule has 0 saturated heterocycles. The third kappa shape index (κ3) is 9.63. The van der Waals surface area contributed by atoms with E-state index >= 15 is 13.2 Å². The predicted octanol–water partition coefficient (Wildman–Crippen LogP) is 22.2. The first kappa shape index (κ1) is 58.5. The molecule has 0 N–H and O–H groups in total. The highest BCUT2D eigenvalue weighted by atomic mass is 19.4. The Labute approximate surface area is 541 Å². The average Bonchev–Trinajstić information content (AvgIpc) is 1.53. The van der Waals surface area contributed by atoms with Crippen molar-refractivity contribution >= 4 is 87.2 Å². The second-order valence-corrected chi connectivity index (χ2v) is 25.3. The number of rotatable bonds is 6. The van der Waals surface area contributed by atoms with Crippen molar-refractivity contribution in [1.29, 1.82) is 15.8 Å². The van der Waals surface area contributed by atoms with Gasteiger partial charge in [-0.1, -0.05) is 121 Å². The molecule has 16 rings (SSSR count). The standard InChI is InChI=1S/C42H30F3N3.C42H30N4/c1-24-8-12-30-31-13-9-25(2)17-37(31)47(36(30)16-24)40-22-35(42(43,44)45)41(21-34(40)29-7-5-6-28(20-29)23-46)48-38-18-26(3)10-14-32(38)33-15-11-27(4)19-39(33)48;1-25-8-12-32-33-13-9-26(2)17-39(33)45(38(32)16-25)37-22-36(30-7-5-6-29(20-30)23-43)42(21-31(37)24-44)46-40-18-27(3)10-14-34(40)35-15-11-28(4)19-41(35)46/h5-22H,1-4H3;5-22H,1-4H3. The molecule has 0 aliphatic rings. The van der Waals surface area contributed by atoms with Gasteiger partial charge in [0.05, 0.1) is 101 Å². The van der Waals surface area contributed by atoms with Crippen LogP contribution in [0, 0.1) is 89.4 Å². The molecule has 0 unspecified atom stereocenters. The van der Waals surface area contributed by atoms with E-state index in [2.05, 4.69) is 140 Å². The van der Waals surface area contributed by atoms with Crippen LogP contribution < -0.4 is 0 Å². The van der Waals surface area contributed by atoms with E-state index in [0.29, 0.717) is 44.5 Å². The maximum Gasteiger partial charge on any atom is 0.418 e. The van der Waals surface area contributed by atoms with Gasteiger partial charge in [0.25, 0.3) is 0 Å². The molecule has 0 saturated carbocycles. The van der Waals surface area contributed by atoms with Crippen molar-refractivity contribution in [1.82, 2.24) is 18.3 Å². The number of nitriles is 3. The topological polar surface area (TPSA) is 91.1 Å². The summed E-state index contributed by atoms with van der Waals surface area (Å²) in [6, 6.07) is 79.4. The molecule has 0 bridgehead atoms. The molecule has 0 radical (unpaired) electrons. The summed E-state index contributed by atoms with van der Waals surface area (Å²) in [5.41, 5.74) is 22.0. The lowest BCUT2D eigenvalue weighted by Gasteiger charge is -2.22. The Kier molecular flexibility index (Phi) is 13.8. The Morgan fingerprint density at radius 1 is 0.277 bits per heavy atom. The molecule has 0 fully saturated rings. The third-order valence-corrected chi connectivity index (χ3v) is 18.5. The second kappa shape index (κ2) is 22.2. The van der Waals surface area contributed by atoms with Gasteiger partial charge in [0, 0.05) is 54.2 Å². The summed E-state index contributed by atoms with van der Waals surface area (Å²) >= 11 is 0. The van der Waals surface area contributed by atoms with Crippen LogP contribution in [0.3, 0.4) is 0 Å². The molecule has 0 aliphatic heterocycles. The van der Waals surface area contributed by atoms with Crippen LogP contribution in [-0.2, 0) is 6.18 Å². The molecule has 0 spiro atoms. The molecule has 0 atom stereocenters. The molecule has 0 amide bonds. The Balaban J connectivity index is 0.000000155. The van der Waals surface area contributed by atoms with Crippen LogP contribution in [0.15, 0.2) is 218 Å². The minimum absolute atomic E-state index is 0.0351. The number of fused-ring (bicyclic) bond motifs is 12. The van der Waals surface area contributed by atoms with E-state index in [-0.39, 0.29) is 5.69 Å². The van der Waals surface area contributed by atoms with E-state index in [0.717, 1.165) is 143 Å². The first-order valence-corrected chi connectivity index (χ1v) is 31.3. The zero-order valence-corrected chi connectivity index (χ0v) is 53.0. The average molecular weight is 1220 g/mol. The number of alkyl halides is 3. The number of halogens is 3. The maximum atomic E-state index is 15.6. The van der Waals surface area contributed by atoms with E-state index in [4.69, 9.17) is 0 Å². The lowest BCUT2D eigenvalue weighted by atomic mass is 9.97. The number of aromatic nitrogens is 4. The van der Waals surface area contributed by atoms with Crippen molar-refractivity contribution in [3.8, 4) is 63.2 Å². The molecule has 4 heterocycles. The first-order chi connectivity index (χ1) is 45.3. The Bertz CT molecular complexity index is 5820. The number of hydrogen-bond acceptors (Lipinski definition) is 3. The minimum Gasteiger partial charge on any atom is -0.309 e. The van der Waals surface area contributed by atoms with Gasteiger partial charge in [-0.25, -0.2) is 0 Å². The van der Waals surface area contributed by atoms with Crippen LogP contribution in [0.1, 0.15) is 66.8 Å².